The van der Waals surface area contributed by atoms with Crippen LogP contribution in [-0.4, -0.2) is 32.6 Å². The minimum absolute atomic E-state index is 0.343. The van der Waals surface area contributed by atoms with Gasteiger partial charge in [0.05, 0.1) is 25.5 Å². The Morgan fingerprint density at radius 2 is 1.55 bits per heavy atom. The van der Waals surface area contributed by atoms with E-state index in [0.29, 0.717) is 40.6 Å². The first-order chi connectivity index (χ1) is 16.0. The average molecular weight is 443 g/mol. The average Bonchev–Trinajstić information content (AvgIpc) is 3.10. The molecular weight excluding hydrogens is 416 g/mol. The molecule has 0 aliphatic carbocycles. The van der Waals surface area contributed by atoms with E-state index in [4.69, 9.17) is 9.47 Å². The van der Waals surface area contributed by atoms with Gasteiger partial charge in [-0.1, -0.05) is 48.0 Å². The molecule has 4 rings (SSSR count). The summed E-state index contributed by atoms with van der Waals surface area (Å²) in [7, 11) is 3.05. The molecule has 0 N–H and O–H groups in total. The fourth-order valence-electron chi connectivity index (χ4n) is 4.02. The number of hydrogen-bond acceptors (Lipinski definition) is 5. The Hall–Kier alpha value is -4.06. The van der Waals surface area contributed by atoms with Crippen LogP contribution in [-0.2, 0) is 9.59 Å². The minimum atomic E-state index is -0.398. The lowest BCUT2D eigenvalue weighted by atomic mass is 10.0. The van der Waals surface area contributed by atoms with Gasteiger partial charge in [0.25, 0.3) is 11.8 Å². The molecule has 6 heteroatoms. The molecule has 0 saturated carbocycles. The first-order valence-corrected chi connectivity index (χ1v) is 10.7. The molecule has 0 fully saturated rings. The highest BCUT2D eigenvalue weighted by molar-refractivity contribution is 6.46. The molecule has 2 amide bonds. The second kappa shape index (κ2) is 9.20. The zero-order chi connectivity index (χ0) is 23.5. The van der Waals surface area contributed by atoms with E-state index >= 15 is 0 Å². The summed E-state index contributed by atoms with van der Waals surface area (Å²) in [6, 6.07) is 22.3. The molecule has 0 radical (unpaired) electrons. The first kappa shape index (κ1) is 22.1. The number of nitrogens with zero attached hydrogens (tertiary/aromatic N) is 2. The molecule has 1 aliphatic heterocycles. The predicted octanol–water partition coefficient (Wildman–Crippen LogP) is 4.82. The molecule has 33 heavy (non-hydrogen) atoms. The fraction of sp³-hybridized carbons (Fsp3) is 0.185. The van der Waals surface area contributed by atoms with E-state index < -0.39 is 11.8 Å². The molecule has 0 aromatic heterocycles. The van der Waals surface area contributed by atoms with Crippen molar-refractivity contribution in [3.05, 3.63) is 89.6 Å². The number of carbonyl (C=O) groups excluding carboxylic acids is 2. The maximum atomic E-state index is 13.9. The van der Waals surface area contributed by atoms with Crippen molar-refractivity contribution in [3.63, 3.8) is 0 Å². The monoisotopic (exact) mass is 442 g/mol. The number of imide groups is 1. The summed E-state index contributed by atoms with van der Waals surface area (Å²) in [6.45, 7) is 4.46. The Kier molecular flexibility index (Phi) is 6.18. The number of amides is 2. The molecule has 0 spiro atoms. The van der Waals surface area contributed by atoms with Crippen molar-refractivity contribution in [1.29, 1.82) is 0 Å². The van der Waals surface area contributed by atoms with E-state index in [1.165, 1.54) is 12.0 Å². The van der Waals surface area contributed by atoms with Crippen LogP contribution in [0.15, 0.2) is 78.5 Å². The van der Waals surface area contributed by atoms with E-state index in [-0.39, 0.29) is 0 Å². The van der Waals surface area contributed by atoms with E-state index in [1.54, 1.807) is 25.3 Å². The third-order valence-corrected chi connectivity index (χ3v) is 5.68. The number of ether oxygens (including phenoxy) is 2. The number of methoxy groups -OCH3 is 2. The summed E-state index contributed by atoms with van der Waals surface area (Å²) in [5.74, 6) is 0.158. The van der Waals surface area contributed by atoms with Crippen molar-refractivity contribution in [2.24, 2.45) is 0 Å². The number of anilines is 2. The van der Waals surface area contributed by atoms with Crippen molar-refractivity contribution in [2.45, 2.75) is 13.8 Å². The number of para-hydroxylation sites is 1. The van der Waals surface area contributed by atoms with Gasteiger partial charge in [-0.25, -0.2) is 4.90 Å². The second-order valence-electron chi connectivity index (χ2n) is 7.65. The zero-order valence-electron chi connectivity index (χ0n) is 19.2. The lowest BCUT2D eigenvalue weighted by molar-refractivity contribution is -0.120. The number of likely N-dealkylation sites (N-methyl/N-ethyl adjacent to an activating group) is 1. The van der Waals surface area contributed by atoms with Gasteiger partial charge in [0.1, 0.15) is 17.2 Å². The van der Waals surface area contributed by atoms with Crippen molar-refractivity contribution in [2.75, 3.05) is 30.6 Å². The van der Waals surface area contributed by atoms with Crippen molar-refractivity contribution in [1.82, 2.24) is 0 Å². The minimum Gasteiger partial charge on any atom is -0.497 e. The number of aryl methyl sites for hydroxylation is 1. The van der Waals surface area contributed by atoms with Gasteiger partial charge in [0.2, 0.25) is 0 Å². The standard InChI is InChI=1S/C27H26N2O4/c1-5-28(20-9-7-6-8-10-20)25-24(19-13-11-18(2)12-14-19)26(30)29(27(25)31)22-16-15-21(32-3)17-23(22)33-4/h6-17H,5H2,1-4H3. The lowest BCUT2D eigenvalue weighted by Crippen LogP contribution is -2.35. The Morgan fingerprint density at radius 3 is 2.15 bits per heavy atom. The van der Waals surface area contributed by atoms with Gasteiger partial charge in [0, 0.05) is 18.3 Å². The Morgan fingerprint density at radius 1 is 0.848 bits per heavy atom. The van der Waals surface area contributed by atoms with Crippen LogP contribution < -0.4 is 19.3 Å². The molecule has 6 nitrogen and oxygen atoms in total. The summed E-state index contributed by atoms with van der Waals surface area (Å²) in [4.78, 5) is 30.8. The van der Waals surface area contributed by atoms with Crippen LogP contribution in [0, 0.1) is 6.92 Å². The van der Waals surface area contributed by atoms with E-state index in [9.17, 15) is 9.59 Å². The van der Waals surface area contributed by atoms with Gasteiger partial charge < -0.3 is 14.4 Å². The van der Waals surface area contributed by atoms with E-state index in [1.807, 2.05) is 73.3 Å². The largest absolute Gasteiger partial charge is 0.497 e. The highest BCUT2D eigenvalue weighted by Gasteiger charge is 2.43. The van der Waals surface area contributed by atoms with Gasteiger partial charge in [-0.15, -0.1) is 0 Å². The van der Waals surface area contributed by atoms with Gasteiger partial charge in [0.15, 0.2) is 0 Å². The maximum absolute atomic E-state index is 13.9. The van der Waals surface area contributed by atoms with Gasteiger partial charge >= 0.3 is 0 Å². The summed E-state index contributed by atoms with van der Waals surface area (Å²) in [5.41, 5.74) is 3.68. The molecule has 168 valence electrons. The third kappa shape index (κ3) is 3.96. The lowest BCUT2D eigenvalue weighted by Gasteiger charge is -2.25. The Labute approximate surface area is 193 Å². The molecule has 0 atom stereocenters. The van der Waals surface area contributed by atoms with Gasteiger partial charge in [-0.3, -0.25) is 9.59 Å². The smallest absolute Gasteiger partial charge is 0.282 e. The molecule has 0 saturated heterocycles. The SMILES string of the molecule is CCN(C1=C(c2ccc(C)cc2)C(=O)N(c2ccc(OC)cc2OC)C1=O)c1ccccc1. The quantitative estimate of drug-likeness (QED) is 0.491. The number of rotatable bonds is 7. The molecule has 0 bridgehead atoms. The van der Waals surface area contributed by atoms with E-state index in [0.717, 1.165) is 11.3 Å². The predicted molar refractivity (Wildman–Crippen MR) is 130 cm³/mol. The van der Waals surface area contributed by atoms with Crippen molar-refractivity contribution in [3.8, 4) is 11.5 Å². The van der Waals surface area contributed by atoms with E-state index in [2.05, 4.69) is 0 Å². The van der Waals surface area contributed by atoms with Gasteiger partial charge in [-0.05, 0) is 43.7 Å². The number of hydrogen-bond donors (Lipinski definition) is 0. The summed E-state index contributed by atoms with van der Waals surface area (Å²) in [5, 5.41) is 0. The van der Waals surface area contributed by atoms with Crippen LogP contribution in [0.5, 0.6) is 11.5 Å². The number of carbonyl (C=O) groups is 2. The van der Waals surface area contributed by atoms with Crippen molar-refractivity contribution < 1.29 is 19.1 Å². The highest BCUT2D eigenvalue weighted by atomic mass is 16.5. The van der Waals surface area contributed by atoms with Gasteiger partial charge in [-0.2, -0.15) is 0 Å². The molecule has 1 heterocycles. The van der Waals surface area contributed by atoms with Crippen LogP contribution in [0.25, 0.3) is 5.57 Å². The Balaban J connectivity index is 1.91. The summed E-state index contributed by atoms with van der Waals surface area (Å²) < 4.78 is 10.8. The van der Waals surface area contributed by atoms with Crippen LogP contribution in [0.2, 0.25) is 0 Å². The molecule has 3 aromatic rings. The normalized spacial score (nSPS) is 13.5. The molecule has 3 aromatic carbocycles. The molecule has 0 unspecified atom stereocenters. The van der Waals surface area contributed by atoms with Crippen LogP contribution in [0.3, 0.4) is 0 Å². The topological polar surface area (TPSA) is 59.1 Å². The van der Waals surface area contributed by atoms with Crippen LogP contribution in [0.1, 0.15) is 18.1 Å². The molecular formula is C27H26N2O4. The number of benzene rings is 3. The summed E-state index contributed by atoms with van der Waals surface area (Å²) >= 11 is 0. The van der Waals surface area contributed by atoms with Crippen molar-refractivity contribution >= 4 is 28.8 Å². The fourth-order valence-corrected chi connectivity index (χ4v) is 4.02. The summed E-state index contributed by atoms with van der Waals surface area (Å²) in [6.07, 6.45) is 0. The third-order valence-electron chi connectivity index (χ3n) is 5.68. The zero-order valence-corrected chi connectivity index (χ0v) is 19.2. The molecule has 1 aliphatic rings. The first-order valence-electron chi connectivity index (χ1n) is 10.7. The second-order valence-corrected chi connectivity index (χ2v) is 7.65. The maximum Gasteiger partial charge on any atom is 0.282 e. The van der Waals surface area contributed by atoms with Crippen LogP contribution >= 0.6 is 0 Å². The Bertz CT molecular complexity index is 1220. The highest BCUT2D eigenvalue weighted by Crippen LogP contribution is 2.41. The van der Waals surface area contributed by atoms with Crippen LogP contribution in [0.4, 0.5) is 11.4 Å².